The average molecular weight is 330 g/mol. The molecule has 0 radical (unpaired) electrons. The van der Waals surface area contributed by atoms with E-state index in [-0.39, 0.29) is 11.8 Å². The van der Waals surface area contributed by atoms with Gasteiger partial charge < -0.3 is 0 Å². The third-order valence-corrected chi connectivity index (χ3v) is 5.07. The summed E-state index contributed by atoms with van der Waals surface area (Å²) in [6, 6.07) is 9.24. The Morgan fingerprint density at radius 2 is 1.70 bits per heavy atom. The third-order valence-electron chi connectivity index (χ3n) is 3.69. The summed E-state index contributed by atoms with van der Waals surface area (Å²) < 4.78 is 0. The van der Waals surface area contributed by atoms with Crippen molar-refractivity contribution in [3.63, 3.8) is 0 Å². The van der Waals surface area contributed by atoms with E-state index >= 15 is 0 Å². The molecule has 0 aliphatic carbocycles. The smallest absolute Gasteiger partial charge is 0.267 e. The van der Waals surface area contributed by atoms with E-state index in [2.05, 4.69) is 31.6 Å². The second-order valence-corrected chi connectivity index (χ2v) is 6.89. The molecule has 23 heavy (non-hydrogen) atoms. The van der Waals surface area contributed by atoms with E-state index in [0.717, 1.165) is 12.0 Å². The van der Waals surface area contributed by atoms with Crippen molar-refractivity contribution in [1.82, 2.24) is 10.9 Å². The first-order chi connectivity index (χ1) is 10.9. The number of hydrazine groups is 1. The van der Waals surface area contributed by atoms with Gasteiger partial charge in [-0.3, -0.25) is 20.4 Å². The fourth-order valence-electron chi connectivity index (χ4n) is 2.25. The van der Waals surface area contributed by atoms with Gasteiger partial charge in [-0.05, 0) is 48.6 Å². The molecule has 5 heteroatoms. The number of hydrogen-bond acceptors (Lipinski definition) is 3. The van der Waals surface area contributed by atoms with Crippen LogP contribution >= 0.6 is 11.3 Å². The quantitative estimate of drug-likeness (QED) is 0.837. The molecule has 0 fully saturated rings. The number of benzene rings is 1. The molecular formula is C18H22N2O2S. The van der Waals surface area contributed by atoms with Crippen LogP contribution in [0.5, 0.6) is 0 Å². The van der Waals surface area contributed by atoms with E-state index in [9.17, 15) is 9.59 Å². The maximum atomic E-state index is 12.1. The Labute approximate surface area is 140 Å². The van der Waals surface area contributed by atoms with Crippen LogP contribution in [0, 0.1) is 6.92 Å². The van der Waals surface area contributed by atoms with Gasteiger partial charge in [0.25, 0.3) is 11.8 Å². The first-order valence-electron chi connectivity index (χ1n) is 7.72. The Bertz CT molecular complexity index is 702. The molecular weight excluding hydrogens is 308 g/mol. The van der Waals surface area contributed by atoms with E-state index in [1.807, 2.05) is 25.1 Å². The Balaban J connectivity index is 1.96. The Morgan fingerprint density at radius 3 is 2.22 bits per heavy atom. The molecule has 122 valence electrons. The largest absolute Gasteiger partial charge is 0.279 e. The lowest BCUT2D eigenvalue weighted by atomic mass is 10.0. The summed E-state index contributed by atoms with van der Waals surface area (Å²) in [5.41, 5.74) is 7.73. The van der Waals surface area contributed by atoms with Crippen molar-refractivity contribution in [2.75, 3.05) is 0 Å². The van der Waals surface area contributed by atoms with Crippen LogP contribution < -0.4 is 10.9 Å². The molecule has 0 saturated heterocycles. The van der Waals surface area contributed by atoms with Gasteiger partial charge in [0, 0.05) is 10.4 Å². The predicted octanol–water partition coefficient (Wildman–Crippen LogP) is 3.82. The molecule has 0 saturated carbocycles. The number of hydrogen-bond donors (Lipinski definition) is 2. The Kier molecular flexibility index (Phi) is 5.55. The number of carbonyl (C=O) groups is 2. The minimum atomic E-state index is -0.322. The molecule has 2 rings (SSSR count). The molecule has 1 aromatic carbocycles. The minimum absolute atomic E-state index is 0.287. The number of thiophene rings is 1. The van der Waals surface area contributed by atoms with Crippen LogP contribution in [-0.2, 0) is 6.42 Å². The number of amides is 2. The lowest BCUT2D eigenvalue weighted by Crippen LogP contribution is -2.41. The summed E-state index contributed by atoms with van der Waals surface area (Å²) >= 11 is 1.46. The van der Waals surface area contributed by atoms with Crippen molar-refractivity contribution in [3.05, 3.63) is 56.8 Å². The van der Waals surface area contributed by atoms with E-state index in [4.69, 9.17) is 0 Å². The average Bonchev–Trinajstić information content (AvgIpc) is 2.93. The second kappa shape index (κ2) is 7.42. The van der Waals surface area contributed by atoms with Gasteiger partial charge in [-0.2, -0.15) is 0 Å². The zero-order valence-electron chi connectivity index (χ0n) is 13.9. The van der Waals surface area contributed by atoms with E-state index in [1.54, 1.807) is 12.1 Å². The SMILES string of the molecule is CCc1sc(C(=O)NNC(=O)c2ccc(C(C)C)cc2)cc1C. The van der Waals surface area contributed by atoms with Gasteiger partial charge in [0.1, 0.15) is 0 Å². The van der Waals surface area contributed by atoms with E-state index < -0.39 is 0 Å². The fraction of sp³-hybridized carbons (Fsp3) is 0.333. The van der Waals surface area contributed by atoms with E-state index in [1.165, 1.54) is 21.8 Å². The standard InChI is InChI=1S/C18H22N2O2S/c1-5-15-12(4)10-16(23-15)18(22)20-19-17(21)14-8-6-13(7-9-14)11(2)3/h6-11H,5H2,1-4H3,(H,19,21)(H,20,22). The molecule has 0 spiro atoms. The summed E-state index contributed by atoms with van der Waals surface area (Å²) in [4.78, 5) is 25.9. The lowest BCUT2D eigenvalue weighted by Gasteiger charge is -2.08. The highest BCUT2D eigenvalue weighted by Gasteiger charge is 2.13. The maximum absolute atomic E-state index is 12.1. The predicted molar refractivity (Wildman–Crippen MR) is 93.9 cm³/mol. The van der Waals surface area contributed by atoms with Crippen molar-refractivity contribution >= 4 is 23.2 Å². The second-order valence-electron chi connectivity index (χ2n) is 5.76. The zero-order chi connectivity index (χ0) is 17.0. The lowest BCUT2D eigenvalue weighted by molar-refractivity contribution is 0.0849. The summed E-state index contributed by atoms with van der Waals surface area (Å²) in [7, 11) is 0. The van der Waals surface area contributed by atoms with Gasteiger partial charge in [-0.25, -0.2) is 0 Å². The number of aryl methyl sites for hydroxylation is 2. The summed E-state index contributed by atoms with van der Waals surface area (Å²) in [5, 5.41) is 0. The van der Waals surface area contributed by atoms with Crippen molar-refractivity contribution in [2.45, 2.75) is 40.0 Å². The summed E-state index contributed by atoms with van der Waals surface area (Å²) in [5.74, 6) is -0.191. The number of nitrogens with one attached hydrogen (secondary N) is 2. The molecule has 2 amide bonds. The van der Waals surface area contributed by atoms with E-state index in [0.29, 0.717) is 16.4 Å². The van der Waals surface area contributed by atoms with Gasteiger partial charge in [0.2, 0.25) is 0 Å². The molecule has 1 aromatic heterocycles. The van der Waals surface area contributed by atoms with Gasteiger partial charge in [0.15, 0.2) is 0 Å². The van der Waals surface area contributed by atoms with Crippen molar-refractivity contribution in [2.24, 2.45) is 0 Å². The maximum Gasteiger partial charge on any atom is 0.279 e. The highest BCUT2D eigenvalue weighted by Crippen LogP contribution is 2.22. The van der Waals surface area contributed by atoms with Crippen LogP contribution in [0.3, 0.4) is 0 Å². The molecule has 0 unspecified atom stereocenters. The van der Waals surface area contributed by atoms with Crippen molar-refractivity contribution in [3.8, 4) is 0 Å². The number of rotatable bonds is 4. The van der Waals surface area contributed by atoms with Crippen LogP contribution in [-0.4, -0.2) is 11.8 Å². The summed E-state index contributed by atoms with van der Waals surface area (Å²) in [6.45, 7) is 8.25. The highest BCUT2D eigenvalue weighted by molar-refractivity contribution is 7.14. The molecule has 1 heterocycles. The van der Waals surface area contributed by atoms with Gasteiger partial charge in [-0.1, -0.05) is 32.9 Å². The normalized spacial score (nSPS) is 10.7. The first-order valence-corrected chi connectivity index (χ1v) is 8.54. The molecule has 0 aliphatic heterocycles. The molecule has 0 bridgehead atoms. The molecule has 2 N–H and O–H groups in total. The fourth-order valence-corrected chi connectivity index (χ4v) is 3.26. The third kappa shape index (κ3) is 4.20. The van der Waals surface area contributed by atoms with Gasteiger partial charge in [-0.15, -0.1) is 11.3 Å². The van der Waals surface area contributed by atoms with Gasteiger partial charge >= 0.3 is 0 Å². The Hall–Kier alpha value is -2.14. The topological polar surface area (TPSA) is 58.2 Å². The Morgan fingerprint density at radius 1 is 1.09 bits per heavy atom. The van der Waals surface area contributed by atoms with Crippen LogP contribution in [0.2, 0.25) is 0 Å². The number of carbonyl (C=O) groups excluding carboxylic acids is 2. The van der Waals surface area contributed by atoms with Gasteiger partial charge in [0.05, 0.1) is 4.88 Å². The molecule has 0 aliphatic rings. The van der Waals surface area contributed by atoms with Crippen LogP contribution in [0.15, 0.2) is 30.3 Å². The molecule has 0 atom stereocenters. The summed E-state index contributed by atoms with van der Waals surface area (Å²) in [6.07, 6.45) is 0.901. The van der Waals surface area contributed by atoms with Crippen LogP contribution in [0.25, 0.3) is 0 Å². The van der Waals surface area contributed by atoms with Crippen LogP contribution in [0.1, 0.15) is 62.7 Å². The monoisotopic (exact) mass is 330 g/mol. The zero-order valence-corrected chi connectivity index (χ0v) is 14.7. The molecule has 4 nitrogen and oxygen atoms in total. The van der Waals surface area contributed by atoms with Crippen LogP contribution in [0.4, 0.5) is 0 Å². The van der Waals surface area contributed by atoms with Crippen molar-refractivity contribution in [1.29, 1.82) is 0 Å². The highest BCUT2D eigenvalue weighted by atomic mass is 32.1. The first kappa shape index (κ1) is 17.2. The minimum Gasteiger partial charge on any atom is -0.267 e. The molecule has 2 aromatic rings. The van der Waals surface area contributed by atoms with Crippen molar-refractivity contribution < 1.29 is 9.59 Å².